The van der Waals surface area contributed by atoms with Gasteiger partial charge in [0, 0.05) is 5.38 Å². The molecule has 0 amide bonds. The lowest BCUT2D eigenvalue weighted by atomic mass is 10.1. The Hall–Kier alpha value is -0.900. The lowest BCUT2D eigenvalue weighted by Crippen LogP contribution is -2.13. The number of carbonyl (C=O) groups is 1. The molecule has 0 fully saturated rings. The molecule has 1 atom stereocenters. The molecule has 4 heteroatoms. The summed E-state index contributed by atoms with van der Waals surface area (Å²) in [6.07, 6.45) is 0. The van der Waals surface area contributed by atoms with Crippen molar-refractivity contribution in [1.82, 2.24) is 4.98 Å². The maximum Gasteiger partial charge on any atom is 0.314 e. The van der Waals surface area contributed by atoms with Crippen LogP contribution in [0.3, 0.4) is 0 Å². The number of thiazole rings is 1. The van der Waals surface area contributed by atoms with Gasteiger partial charge in [0.1, 0.15) is 0 Å². The summed E-state index contributed by atoms with van der Waals surface area (Å²) >= 11 is 1.48. The van der Waals surface area contributed by atoms with Gasteiger partial charge in [-0.1, -0.05) is 0 Å². The number of nitrogens with zero attached hydrogens (tertiary/aromatic N) is 1. The third-order valence-corrected chi connectivity index (χ3v) is 2.14. The van der Waals surface area contributed by atoms with Crippen molar-refractivity contribution in [2.75, 3.05) is 6.61 Å². The summed E-state index contributed by atoms with van der Waals surface area (Å²) in [4.78, 5) is 15.2. The van der Waals surface area contributed by atoms with Crippen molar-refractivity contribution in [2.45, 2.75) is 19.8 Å². The highest BCUT2D eigenvalue weighted by Gasteiger charge is 2.17. The Labute approximate surface area is 75.4 Å². The smallest absolute Gasteiger partial charge is 0.314 e. The Kier molecular flexibility index (Phi) is 3.22. The molecule has 0 spiro atoms. The monoisotopic (exact) mass is 185 g/mol. The fourth-order valence-electron chi connectivity index (χ4n) is 0.824. The van der Waals surface area contributed by atoms with Crippen LogP contribution in [-0.2, 0) is 9.53 Å². The molecule has 0 radical (unpaired) electrons. The average molecular weight is 185 g/mol. The highest BCUT2D eigenvalue weighted by atomic mass is 32.1. The molecular weight excluding hydrogens is 174 g/mol. The summed E-state index contributed by atoms with van der Waals surface area (Å²) < 4.78 is 4.85. The van der Waals surface area contributed by atoms with Gasteiger partial charge in [-0.25, -0.2) is 4.98 Å². The van der Waals surface area contributed by atoms with E-state index in [-0.39, 0.29) is 11.9 Å². The van der Waals surface area contributed by atoms with Crippen LogP contribution in [0.1, 0.15) is 25.5 Å². The normalized spacial score (nSPS) is 12.5. The fraction of sp³-hybridized carbons (Fsp3) is 0.500. The quantitative estimate of drug-likeness (QED) is 0.674. The van der Waals surface area contributed by atoms with E-state index in [9.17, 15) is 4.79 Å². The Morgan fingerprint density at radius 2 is 2.58 bits per heavy atom. The van der Waals surface area contributed by atoms with Crippen LogP contribution in [0.2, 0.25) is 0 Å². The van der Waals surface area contributed by atoms with Crippen LogP contribution in [0.25, 0.3) is 0 Å². The Morgan fingerprint density at radius 3 is 3.08 bits per heavy atom. The van der Waals surface area contributed by atoms with Crippen LogP contribution in [0, 0.1) is 0 Å². The predicted octanol–water partition coefficient (Wildman–Crippen LogP) is 1.81. The number of carbonyl (C=O) groups excluding carboxylic acids is 1. The van der Waals surface area contributed by atoms with E-state index in [0.717, 1.165) is 5.69 Å². The number of hydrogen-bond acceptors (Lipinski definition) is 4. The number of aromatic nitrogens is 1. The van der Waals surface area contributed by atoms with Gasteiger partial charge < -0.3 is 4.74 Å². The molecule has 66 valence electrons. The van der Waals surface area contributed by atoms with Crippen molar-refractivity contribution in [1.29, 1.82) is 0 Å². The molecule has 0 aliphatic carbocycles. The molecule has 0 aliphatic heterocycles. The van der Waals surface area contributed by atoms with Crippen molar-refractivity contribution in [2.24, 2.45) is 0 Å². The Morgan fingerprint density at radius 1 is 1.83 bits per heavy atom. The number of esters is 1. The first kappa shape index (κ1) is 9.19. The van der Waals surface area contributed by atoms with E-state index < -0.39 is 0 Å². The number of ether oxygens (including phenoxy) is 1. The molecule has 0 bridgehead atoms. The highest BCUT2D eigenvalue weighted by Crippen LogP contribution is 2.15. The third-order valence-electron chi connectivity index (χ3n) is 1.54. The van der Waals surface area contributed by atoms with Gasteiger partial charge in [-0.3, -0.25) is 4.79 Å². The maximum absolute atomic E-state index is 11.2. The molecule has 0 saturated carbocycles. The van der Waals surface area contributed by atoms with E-state index in [0.29, 0.717) is 6.61 Å². The first-order valence-electron chi connectivity index (χ1n) is 3.80. The second kappa shape index (κ2) is 4.21. The Bertz CT molecular complexity index is 246. The summed E-state index contributed by atoms with van der Waals surface area (Å²) in [6, 6.07) is 0. The van der Waals surface area contributed by atoms with Crippen LogP contribution >= 0.6 is 11.3 Å². The van der Waals surface area contributed by atoms with Gasteiger partial charge in [0.15, 0.2) is 0 Å². The second-order valence-corrected chi connectivity index (χ2v) is 3.11. The van der Waals surface area contributed by atoms with Crippen LogP contribution in [0.4, 0.5) is 0 Å². The molecule has 0 aliphatic rings. The van der Waals surface area contributed by atoms with Crippen molar-refractivity contribution < 1.29 is 9.53 Å². The Balaban J connectivity index is 2.59. The van der Waals surface area contributed by atoms with Gasteiger partial charge in [-0.15, -0.1) is 11.3 Å². The SMILES string of the molecule is CCOC(=O)C(C)c1cscn1. The molecule has 3 nitrogen and oxygen atoms in total. The van der Waals surface area contributed by atoms with Gasteiger partial charge in [-0.2, -0.15) is 0 Å². The van der Waals surface area contributed by atoms with Crippen LogP contribution in [-0.4, -0.2) is 17.6 Å². The van der Waals surface area contributed by atoms with Crippen molar-refractivity contribution >= 4 is 17.3 Å². The number of hydrogen-bond donors (Lipinski definition) is 0. The molecule has 12 heavy (non-hydrogen) atoms. The van der Waals surface area contributed by atoms with E-state index in [4.69, 9.17) is 4.74 Å². The van der Waals surface area contributed by atoms with E-state index in [1.165, 1.54) is 11.3 Å². The largest absolute Gasteiger partial charge is 0.465 e. The van der Waals surface area contributed by atoms with E-state index in [2.05, 4.69) is 4.98 Å². The molecule has 0 saturated heterocycles. The van der Waals surface area contributed by atoms with Gasteiger partial charge in [0.2, 0.25) is 0 Å². The summed E-state index contributed by atoms with van der Waals surface area (Å²) in [5, 5.41) is 1.86. The van der Waals surface area contributed by atoms with E-state index >= 15 is 0 Å². The van der Waals surface area contributed by atoms with Gasteiger partial charge in [0.05, 0.1) is 23.7 Å². The zero-order valence-electron chi connectivity index (χ0n) is 7.11. The zero-order chi connectivity index (χ0) is 8.97. The minimum atomic E-state index is -0.240. The van der Waals surface area contributed by atoms with Crippen molar-refractivity contribution in [3.63, 3.8) is 0 Å². The fourth-order valence-corrected chi connectivity index (χ4v) is 1.47. The maximum atomic E-state index is 11.2. The minimum absolute atomic E-state index is 0.205. The predicted molar refractivity (Wildman–Crippen MR) is 47.2 cm³/mol. The van der Waals surface area contributed by atoms with Crippen molar-refractivity contribution in [3.05, 3.63) is 16.6 Å². The third kappa shape index (κ3) is 2.04. The summed E-state index contributed by atoms with van der Waals surface area (Å²) in [6.45, 7) is 4.02. The molecule has 0 aromatic carbocycles. The van der Waals surface area contributed by atoms with E-state index in [1.54, 1.807) is 19.4 Å². The molecule has 1 aromatic heterocycles. The summed E-state index contributed by atoms with van der Waals surface area (Å²) in [5.41, 5.74) is 2.50. The van der Waals surface area contributed by atoms with Crippen molar-refractivity contribution in [3.8, 4) is 0 Å². The topological polar surface area (TPSA) is 39.2 Å². The molecular formula is C8H11NO2S. The summed E-state index contributed by atoms with van der Waals surface area (Å²) in [5.74, 6) is -0.445. The lowest BCUT2D eigenvalue weighted by molar-refractivity contribution is -0.144. The van der Waals surface area contributed by atoms with Gasteiger partial charge in [0.25, 0.3) is 0 Å². The van der Waals surface area contributed by atoms with Crippen LogP contribution in [0.5, 0.6) is 0 Å². The lowest BCUT2D eigenvalue weighted by Gasteiger charge is -2.06. The minimum Gasteiger partial charge on any atom is -0.465 e. The van der Waals surface area contributed by atoms with E-state index in [1.807, 2.05) is 5.38 Å². The summed E-state index contributed by atoms with van der Waals surface area (Å²) in [7, 11) is 0. The standard InChI is InChI=1S/C8H11NO2S/c1-3-11-8(10)6(2)7-4-12-5-9-7/h4-6H,3H2,1-2H3. The number of rotatable bonds is 3. The first-order valence-corrected chi connectivity index (χ1v) is 4.74. The molecule has 1 unspecified atom stereocenters. The highest BCUT2D eigenvalue weighted by molar-refractivity contribution is 7.07. The van der Waals surface area contributed by atoms with Gasteiger partial charge >= 0.3 is 5.97 Å². The van der Waals surface area contributed by atoms with Gasteiger partial charge in [-0.05, 0) is 13.8 Å². The molecule has 1 rings (SSSR count). The average Bonchev–Trinajstić information content (AvgIpc) is 2.55. The second-order valence-electron chi connectivity index (χ2n) is 2.39. The van der Waals surface area contributed by atoms with Crippen LogP contribution < -0.4 is 0 Å². The molecule has 1 aromatic rings. The zero-order valence-corrected chi connectivity index (χ0v) is 7.93. The first-order chi connectivity index (χ1) is 5.75. The van der Waals surface area contributed by atoms with Crippen LogP contribution in [0.15, 0.2) is 10.9 Å². The molecule has 1 heterocycles. The molecule has 0 N–H and O–H groups in total.